The van der Waals surface area contributed by atoms with E-state index in [1.165, 1.54) is 11.8 Å². The van der Waals surface area contributed by atoms with Crippen LogP contribution in [0.3, 0.4) is 0 Å². The fourth-order valence-electron chi connectivity index (χ4n) is 1.74. The summed E-state index contributed by atoms with van der Waals surface area (Å²) >= 11 is 1.31. The van der Waals surface area contributed by atoms with Gasteiger partial charge in [0.2, 0.25) is 5.91 Å². The number of thioether (sulfide) groups is 1. The summed E-state index contributed by atoms with van der Waals surface area (Å²) in [5.41, 5.74) is 0. The lowest BCUT2D eigenvalue weighted by molar-refractivity contribution is -0.146. The van der Waals surface area contributed by atoms with Gasteiger partial charge in [-0.05, 0) is 12.8 Å². The predicted molar refractivity (Wildman–Crippen MR) is 66.1 cm³/mol. The number of carboxylic acid groups (broad SMARTS) is 1. The number of hydrogen-bond acceptors (Lipinski definition) is 5. The number of amides is 1. The molecule has 0 bridgehead atoms. The van der Waals surface area contributed by atoms with Crippen molar-refractivity contribution in [3.05, 3.63) is 0 Å². The third kappa shape index (κ3) is 5.38. The van der Waals surface area contributed by atoms with Crippen molar-refractivity contribution in [2.75, 3.05) is 31.2 Å². The van der Waals surface area contributed by atoms with E-state index in [2.05, 4.69) is 0 Å². The Bertz CT molecular complexity index is 334. The molecule has 1 heterocycles. The molecule has 100 valence electrons. The number of rotatable bonds is 6. The number of ether oxygens (including phenoxy) is 1. The lowest BCUT2D eigenvalue weighted by atomic mass is 10.1. The lowest BCUT2D eigenvalue weighted by Gasteiger charge is -2.31. The highest BCUT2D eigenvalue weighted by Crippen LogP contribution is 2.15. The molecule has 1 amide bonds. The summed E-state index contributed by atoms with van der Waals surface area (Å²) in [4.78, 5) is 23.8. The fourth-order valence-corrected chi connectivity index (χ4v) is 2.29. The first kappa shape index (κ1) is 14.8. The smallest absolute Gasteiger partial charge is 0.329 e. The van der Waals surface area contributed by atoms with E-state index in [-0.39, 0.29) is 18.6 Å². The van der Waals surface area contributed by atoms with Gasteiger partial charge in [0.15, 0.2) is 0 Å². The van der Waals surface area contributed by atoms with Crippen LogP contribution in [-0.4, -0.2) is 59.2 Å². The summed E-state index contributed by atoms with van der Waals surface area (Å²) in [5, 5.41) is 16.9. The number of nitriles is 1. The summed E-state index contributed by atoms with van der Waals surface area (Å²) in [7, 11) is 0. The van der Waals surface area contributed by atoms with E-state index in [0.29, 0.717) is 37.4 Å². The highest BCUT2D eigenvalue weighted by molar-refractivity contribution is 8.00. The van der Waals surface area contributed by atoms with Crippen molar-refractivity contribution < 1.29 is 19.4 Å². The number of likely N-dealkylation sites (tertiary alicyclic amines) is 1. The maximum absolute atomic E-state index is 11.7. The molecule has 1 N–H and O–H groups in total. The molecular weight excluding hydrogens is 256 g/mol. The van der Waals surface area contributed by atoms with Crippen LogP contribution < -0.4 is 0 Å². The highest BCUT2D eigenvalue weighted by atomic mass is 32.2. The van der Waals surface area contributed by atoms with Crippen LogP contribution in [0.15, 0.2) is 0 Å². The van der Waals surface area contributed by atoms with Crippen molar-refractivity contribution in [3.8, 4) is 6.07 Å². The molecular formula is C11H16N2O4S. The van der Waals surface area contributed by atoms with E-state index >= 15 is 0 Å². The van der Waals surface area contributed by atoms with E-state index in [0.717, 1.165) is 0 Å². The zero-order valence-electron chi connectivity index (χ0n) is 10.0. The molecule has 1 saturated heterocycles. The Morgan fingerprint density at radius 3 is 2.67 bits per heavy atom. The molecule has 0 aromatic rings. The Morgan fingerprint density at radius 1 is 1.44 bits per heavy atom. The topological polar surface area (TPSA) is 90.6 Å². The molecule has 7 heteroatoms. The van der Waals surface area contributed by atoms with Crippen molar-refractivity contribution in [1.29, 1.82) is 5.26 Å². The number of carboxylic acids is 1. The molecule has 0 aliphatic carbocycles. The molecule has 1 fully saturated rings. The summed E-state index contributed by atoms with van der Waals surface area (Å²) in [6, 6.07) is 1.98. The quantitative estimate of drug-likeness (QED) is 0.701. The average Bonchev–Trinajstić information content (AvgIpc) is 2.37. The molecule has 0 unspecified atom stereocenters. The van der Waals surface area contributed by atoms with Crippen molar-refractivity contribution in [2.45, 2.75) is 18.9 Å². The SMILES string of the molecule is N#CCSCC(=O)N1CCC(OCC(=O)O)CC1. The second kappa shape index (κ2) is 7.95. The van der Waals surface area contributed by atoms with Crippen LogP contribution >= 0.6 is 11.8 Å². The maximum Gasteiger partial charge on any atom is 0.329 e. The van der Waals surface area contributed by atoms with Crippen molar-refractivity contribution in [3.63, 3.8) is 0 Å². The van der Waals surface area contributed by atoms with Crippen LogP contribution in [-0.2, 0) is 14.3 Å². The van der Waals surface area contributed by atoms with E-state index in [1.807, 2.05) is 6.07 Å². The van der Waals surface area contributed by atoms with Crippen molar-refractivity contribution in [2.24, 2.45) is 0 Å². The van der Waals surface area contributed by atoms with Crippen LogP contribution in [0.2, 0.25) is 0 Å². The zero-order valence-corrected chi connectivity index (χ0v) is 10.8. The van der Waals surface area contributed by atoms with Crippen molar-refractivity contribution in [1.82, 2.24) is 4.90 Å². The first-order valence-electron chi connectivity index (χ1n) is 5.69. The second-order valence-electron chi connectivity index (χ2n) is 3.94. The van der Waals surface area contributed by atoms with E-state index in [9.17, 15) is 9.59 Å². The number of nitrogens with zero attached hydrogens (tertiary/aromatic N) is 2. The summed E-state index contributed by atoms with van der Waals surface area (Å²) in [5.74, 6) is -0.286. The zero-order chi connectivity index (χ0) is 13.4. The first-order valence-corrected chi connectivity index (χ1v) is 6.85. The maximum atomic E-state index is 11.7. The summed E-state index contributed by atoms with van der Waals surface area (Å²) in [6.45, 7) is 0.906. The van der Waals surface area contributed by atoms with Gasteiger partial charge in [-0.3, -0.25) is 4.79 Å². The standard InChI is InChI=1S/C11H16N2O4S/c12-3-6-18-8-10(14)13-4-1-9(2-5-13)17-7-11(15)16/h9H,1-2,4-8H2,(H,15,16). The largest absolute Gasteiger partial charge is 0.480 e. The number of carbonyl (C=O) groups excluding carboxylic acids is 1. The third-order valence-electron chi connectivity index (χ3n) is 2.63. The Balaban J connectivity index is 2.20. The predicted octanol–water partition coefficient (Wildman–Crippen LogP) is 0.335. The molecule has 18 heavy (non-hydrogen) atoms. The molecule has 0 radical (unpaired) electrons. The normalized spacial score (nSPS) is 16.3. The molecule has 0 aromatic heterocycles. The minimum atomic E-state index is -0.971. The molecule has 0 spiro atoms. The molecule has 1 aliphatic rings. The Kier molecular flexibility index (Phi) is 6.54. The summed E-state index contributed by atoms with van der Waals surface area (Å²) in [6.07, 6.45) is 1.26. The van der Waals surface area contributed by atoms with Crippen LogP contribution in [0, 0.1) is 11.3 Å². The van der Waals surface area contributed by atoms with Crippen LogP contribution in [0.25, 0.3) is 0 Å². The van der Waals surface area contributed by atoms with Gasteiger partial charge in [0.05, 0.1) is 23.7 Å². The molecule has 0 saturated carbocycles. The third-order valence-corrected chi connectivity index (χ3v) is 3.41. The van der Waals surface area contributed by atoms with Gasteiger partial charge in [-0.1, -0.05) is 0 Å². The van der Waals surface area contributed by atoms with Crippen LogP contribution in [0.1, 0.15) is 12.8 Å². The number of carbonyl (C=O) groups is 2. The Hall–Kier alpha value is -1.26. The number of hydrogen-bond donors (Lipinski definition) is 1. The molecule has 0 atom stereocenters. The van der Waals surface area contributed by atoms with Gasteiger partial charge in [-0.25, -0.2) is 4.79 Å². The van der Waals surface area contributed by atoms with Crippen LogP contribution in [0.5, 0.6) is 0 Å². The average molecular weight is 272 g/mol. The molecule has 1 rings (SSSR count). The van der Waals surface area contributed by atoms with Gasteiger partial charge in [0.25, 0.3) is 0 Å². The molecule has 0 aromatic carbocycles. The summed E-state index contributed by atoms with van der Waals surface area (Å²) < 4.78 is 5.19. The van der Waals surface area contributed by atoms with Crippen LogP contribution in [0.4, 0.5) is 0 Å². The van der Waals surface area contributed by atoms with Gasteiger partial charge in [0.1, 0.15) is 6.61 Å². The van der Waals surface area contributed by atoms with Gasteiger partial charge < -0.3 is 14.7 Å². The minimum absolute atomic E-state index is 0.0342. The second-order valence-corrected chi connectivity index (χ2v) is 4.92. The van der Waals surface area contributed by atoms with Gasteiger partial charge in [0, 0.05) is 13.1 Å². The first-order chi connectivity index (χ1) is 8.63. The van der Waals surface area contributed by atoms with Gasteiger partial charge in [-0.2, -0.15) is 5.26 Å². The van der Waals surface area contributed by atoms with Gasteiger partial charge in [-0.15, -0.1) is 11.8 Å². The number of piperidine rings is 1. The molecule has 1 aliphatic heterocycles. The lowest BCUT2D eigenvalue weighted by Crippen LogP contribution is -2.42. The van der Waals surface area contributed by atoms with Gasteiger partial charge >= 0.3 is 5.97 Å². The highest BCUT2D eigenvalue weighted by Gasteiger charge is 2.23. The Labute approximate surface area is 110 Å². The monoisotopic (exact) mass is 272 g/mol. The number of aliphatic carboxylic acids is 1. The Morgan fingerprint density at radius 2 is 2.11 bits per heavy atom. The fraction of sp³-hybridized carbons (Fsp3) is 0.727. The van der Waals surface area contributed by atoms with Crippen molar-refractivity contribution >= 4 is 23.6 Å². The van der Waals surface area contributed by atoms with E-state index in [1.54, 1.807) is 4.90 Å². The minimum Gasteiger partial charge on any atom is -0.480 e. The van der Waals surface area contributed by atoms with E-state index in [4.69, 9.17) is 15.1 Å². The molecule has 6 nitrogen and oxygen atoms in total. The van der Waals surface area contributed by atoms with E-state index < -0.39 is 5.97 Å².